The van der Waals surface area contributed by atoms with Gasteiger partial charge in [-0.3, -0.25) is 0 Å². The van der Waals surface area contributed by atoms with Crippen LogP contribution >= 0.6 is 0 Å². The molecule has 242 valence electrons. The molecule has 49 heavy (non-hydrogen) atoms. The summed E-state index contributed by atoms with van der Waals surface area (Å²) >= 11 is 0. The molecule has 6 aromatic carbocycles. The molecule has 0 aromatic heterocycles. The van der Waals surface area contributed by atoms with Gasteiger partial charge in [-0.15, -0.1) is 0 Å². The molecule has 0 saturated heterocycles. The normalized spacial score (nSPS) is 14.9. The van der Waals surface area contributed by atoms with Crippen molar-refractivity contribution >= 4 is 23.6 Å². The molecule has 1 unspecified atom stereocenters. The predicted octanol–water partition coefficient (Wildman–Crippen LogP) is 10.9. The zero-order chi connectivity index (χ0) is 34.3. The minimum atomic E-state index is -2.76. The van der Waals surface area contributed by atoms with Crippen molar-refractivity contribution in [1.82, 2.24) is 0 Å². The van der Waals surface area contributed by atoms with E-state index in [1.165, 1.54) is 82.4 Å². The summed E-state index contributed by atoms with van der Waals surface area (Å²) < 4.78 is 0. The van der Waals surface area contributed by atoms with Crippen LogP contribution in [0.15, 0.2) is 168 Å². The molecule has 0 N–H and O–H groups in total. The molecule has 1 aliphatic carbocycles. The average Bonchev–Trinajstić information content (AvgIpc) is 3.32. The standard InChI is InChI=1S/C48H46Si/c1-32-8-14-39(15-9-32)42-20-26-45(27-21-42)49(48-37(6)35(4)36(5)38(48)7,46-28-22-43(23-29-46)40-16-10-33(2)11-17-40)47-30-24-44(25-31-47)41-18-12-34(3)13-19-41/h8-31,37H,1-7H3. The summed E-state index contributed by atoms with van der Waals surface area (Å²) in [6.45, 7) is 15.9. The smallest absolute Gasteiger partial charge is 0.0636 e. The second-order valence-electron chi connectivity index (χ2n) is 14.1. The van der Waals surface area contributed by atoms with Crippen LogP contribution in [0.5, 0.6) is 0 Å². The summed E-state index contributed by atoms with van der Waals surface area (Å²) in [6.07, 6.45) is 0. The average molecular weight is 651 g/mol. The number of aryl methyl sites for hydroxylation is 3. The van der Waals surface area contributed by atoms with Gasteiger partial charge in [-0.1, -0.05) is 186 Å². The molecule has 0 radical (unpaired) electrons. The van der Waals surface area contributed by atoms with Gasteiger partial charge >= 0.3 is 0 Å². The third-order valence-corrected chi connectivity index (χ3v) is 16.4. The van der Waals surface area contributed by atoms with Crippen molar-refractivity contribution in [3.8, 4) is 33.4 Å². The van der Waals surface area contributed by atoms with Gasteiger partial charge in [0, 0.05) is 0 Å². The Labute approximate surface area is 294 Å². The summed E-state index contributed by atoms with van der Waals surface area (Å²) in [6, 6.07) is 55.5. The van der Waals surface area contributed by atoms with Gasteiger partial charge in [-0.2, -0.15) is 0 Å². The van der Waals surface area contributed by atoms with Crippen LogP contribution in [-0.2, 0) is 0 Å². The first-order valence-electron chi connectivity index (χ1n) is 17.6. The SMILES string of the molecule is CC1=C(C)C(C)C([Si](c2ccc(-c3ccc(C)cc3)cc2)(c2ccc(-c3ccc(C)cc3)cc2)c2ccc(-c3ccc(C)cc3)cc2)=C1C. The maximum atomic E-state index is 2.44. The van der Waals surface area contributed by atoms with Crippen molar-refractivity contribution < 1.29 is 0 Å². The summed E-state index contributed by atoms with van der Waals surface area (Å²) in [5.74, 6) is 0.358. The third-order valence-electron chi connectivity index (χ3n) is 11.2. The minimum absolute atomic E-state index is 0.358. The molecule has 7 rings (SSSR count). The van der Waals surface area contributed by atoms with Gasteiger partial charge in [-0.25, -0.2) is 0 Å². The fraction of sp³-hybridized carbons (Fsp3) is 0.167. The largest absolute Gasteiger partial charge is 0.176 e. The van der Waals surface area contributed by atoms with Crippen molar-refractivity contribution in [2.45, 2.75) is 48.5 Å². The van der Waals surface area contributed by atoms with Crippen molar-refractivity contribution in [3.05, 3.63) is 184 Å². The molecule has 0 spiro atoms. The molecule has 1 heteroatoms. The fourth-order valence-corrected chi connectivity index (χ4v) is 13.5. The van der Waals surface area contributed by atoms with Gasteiger partial charge in [0.1, 0.15) is 0 Å². The monoisotopic (exact) mass is 650 g/mol. The number of rotatable bonds is 7. The van der Waals surface area contributed by atoms with Crippen molar-refractivity contribution in [2.75, 3.05) is 0 Å². The molecule has 0 saturated carbocycles. The highest BCUT2D eigenvalue weighted by Crippen LogP contribution is 2.41. The Bertz CT molecular complexity index is 1940. The number of benzene rings is 6. The minimum Gasteiger partial charge on any atom is -0.0636 e. The third kappa shape index (κ3) is 5.87. The van der Waals surface area contributed by atoms with Crippen LogP contribution in [0.1, 0.15) is 44.4 Å². The van der Waals surface area contributed by atoms with Crippen LogP contribution in [0.2, 0.25) is 0 Å². The first kappa shape index (κ1) is 32.6. The van der Waals surface area contributed by atoms with E-state index in [0.717, 1.165) is 0 Å². The van der Waals surface area contributed by atoms with Crippen LogP contribution < -0.4 is 15.6 Å². The second kappa shape index (κ2) is 13.1. The molecule has 1 aliphatic rings. The lowest BCUT2D eigenvalue weighted by Gasteiger charge is -2.39. The first-order chi connectivity index (χ1) is 23.7. The van der Waals surface area contributed by atoms with E-state index in [9.17, 15) is 0 Å². The zero-order valence-electron chi connectivity index (χ0n) is 29.9. The maximum absolute atomic E-state index is 2.76. The van der Waals surface area contributed by atoms with E-state index in [-0.39, 0.29) is 0 Å². The Balaban J connectivity index is 1.47. The Morgan fingerprint density at radius 2 is 0.571 bits per heavy atom. The molecule has 1 atom stereocenters. The van der Waals surface area contributed by atoms with E-state index < -0.39 is 8.07 Å². The number of allylic oxidation sites excluding steroid dienone is 4. The maximum Gasteiger partial charge on any atom is 0.176 e. The quantitative estimate of drug-likeness (QED) is 0.119. The van der Waals surface area contributed by atoms with Crippen molar-refractivity contribution in [2.24, 2.45) is 5.92 Å². The zero-order valence-corrected chi connectivity index (χ0v) is 30.9. The summed E-state index contributed by atoms with van der Waals surface area (Å²) in [5, 5.41) is 5.89. The molecule has 0 fully saturated rings. The fourth-order valence-electron chi connectivity index (χ4n) is 7.91. The van der Waals surface area contributed by atoms with Crippen LogP contribution in [0.4, 0.5) is 0 Å². The van der Waals surface area contributed by atoms with E-state index in [4.69, 9.17) is 0 Å². The van der Waals surface area contributed by atoms with Crippen molar-refractivity contribution in [3.63, 3.8) is 0 Å². The molecule has 6 aromatic rings. The number of hydrogen-bond acceptors (Lipinski definition) is 0. The van der Waals surface area contributed by atoms with Gasteiger partial charge < -0.3 is 0 Å². The van der Waals surface area contributed by atoms with E-state index >= 15 is 0 Å². The summed E-state index contributed by atoms with van der Waals surface area (Å²) in [7, 11) is -2.76. The van der Waals surface area contributed by atoms with E-state index in [0.29, 0.717) is 5.92 Å². The molecule has 0 heterocycles. The highest BCUT2D eigenvalue weighted by molar-refractivity contribution is 7.16. The molecular weight excluding hydrogens is 605 g/mol. The highest BCUT2D eigenvalue weighted by atomic mass is 28.3. The van der Waals surface area contributed by atoms with Crippen LogP contribution in [0, 0.1) is 26.7 Å². The van der Waals surface area contributed by atoms with Gasteiger partial charge in [0.15, 0.2) is 8.07 Å². The lowest BCUT2D eigenvalue weighted by molar-refractivity contribution is 0.851. The Morgan fingerprint density at radius 3 is 0.796 bits per heavy atom. The van der Waals surface area contributed by atoms with Crippen LogP contribution in [0.3, 0.4) is 0 Å². The van der Waals surface area contributed by atoms with Gasteiger partial charge in [-0.05, 0) is 102 Å². The predicted molar refractivity (Wildman–Crippen MR) is 215 cm³/mol. The topological polar surface area (TPSA) is 0 Å². The van der Waals surface area contributed by atoms with Crippen molar-refractivity contribution in [1.29, 1.82) is 0 Å². The second-order valence-corrected chi connectivity index (χ2v) is 17.9. The summed E-state index contributed by atoms with van der Waals surface area (Å²) in [4.78, 5) is 0. The lowest BCUT2D eigenvalue weighted by Crippen LogP contribution is -2.69. The number of hydrogen-bond donors (Lipinski definition) is 0. The Hall–Kier alpha value is -4.98. The summed E-state index contributed by atoms with van der Waals surface area (Å²) in [5.41, 5.74) is 15.8. The first-order valence-corrected chi connectivity index (χ1v) is 19.6. The van der Waals surface area contributed by atoms with Crippen LogP contribution in [0.25, 0.3) is 33.4 Å². The van der Waals surface area contributed by atoms with Gasteiger partial charge in [0.2, 0.25) is 0 Å². The lowest BCUT2D eigenvalue weighted by atomic mass is 10.0. The molecular formula is C48H46Si. The molecule has 0 bridgehead atoms. The van der Waals surface area contributed by atoms with E-state index in [1.807, 2.05) is 0 Å². The Morgan fingerprint density at radius 1 is 0.327 bits per heavy atom. The van der Waals surface area contributed by atoms with E-state index in [2.05, 4.69) is 194 Å². The van der Waals surface area contributed by atoms with Gasteiger partial charge in [0.25, 0.3) is 0 Å². The van der Waals surface area contributed by atoms with E-state index in [1.54, 1.807) is 5.20 Å². The Kier molecular flexibility index (Phi) is 8.73. The van der Waals surface area contributed by atoms with Crippen LogP contribution in [-0.4, -0.2) is 8.07 Å². The molecule has 0 nitrogen and oxygen atoms in total. The molecule has 0 amide bonds. The van der Waals surface area contributed by atoms with Gasteiger partial charge in [0.05, 0.1) is 0 Å². The molecule has 0 aliphatic heterocycles. The highest BCUT2D eigenvalue weighted by Gasteiger charge is 2.48.